The number of ether oxygens (including phenoxy) is 2. The lowest BCUT2D eigenvalue weighted by atomic mass is 10.1. The molecule has 3 aromatic heterocycles. The molecule has 1 aromatic carbocycles. The molecule has 8 nitrogen and oxygen atoms in total. The van der Waals surface area contributed by atoms with E-state index < -0.39 is 5.82 Å². The Morgan fingerprint density at radius 1 is 1.03 bits per heavy atom. The first kappa shape index (κ1) is 18.3. The van der Waals surface area contributed by atoms with Crippen LogP contribution >= 0.6 is 0 Å². The summed E-state index contributed by atoms with van der Waals surface area (Å²) in [6, 6.07) is 10.1. The molecule has 0 radical (unpaired) electrons. The molecule has 2 N–H and O–H groups in total. The first-order valence-electron chi connectivity index (χ1n) is 9.53. The van der Waals surface area contributed by atoms with E-state index in [2.05, 4.69) is 20.0 Å². The first-order chi connectivity index (χ1) is 14.7. The summed E-state index contributed by atoms with van der Waals surface area (Å²) < 4.78 is 26.9. The molecule has 5 rings (SSSR count). The van der Waals surface area contributed by atoms with Crippen molar-refractivity contribution in [3.63, 3.8) is 0 Å². The van der Waals surface area contributed by atoms with E-state index in [4.69, 9.17) is 15.2 Å². The summed E-state index contributed by atoms with van der Waals surface area (Å²) in [6.07, 6.45) is 5.03. The summed E-state index contributed by atoms with van der Waals surface area (Å²) in [4.78, 5) is 10.9. The number of morpholine rings is 1. The van der Waals surface area contributed by atoms with E-state index in [1.807, 2.05) is 24.4 Å². The molecule has 30 heavy (non-hydrogen) atoms. The SMILES string of the molecule is Nc1ccc(Oc2ncnn3cc(-c4ccnc(N5CCOCC5)c4)cc23)c(F)c1. The second kappa shape index (κ2) is 7.60. The summed E-state index contributed by atoms with van der Waals surface area (Å²) >= 11 is 0. The average Bonchev–Trinajstić information content (AvgIpc) is 3.22. The van der Waals surface area contributed by atoms with E-state index in [-0.39, 0.29) is 11.6 Å². The van der Waals surface area contributed by atoms with Crippen LogP contribution in [0.25, 0.3) is 16.6 Å². The topological polar surface area (TPSA) is 90.8 Å². The Kier molecular flexibility index (Phi) is 4.64. The van der Waals surface area contributed by atoms with Crippen LogP contribution < -0.4 is 15.4 Å². The highest BCUT2D eigenvalue weighted by atomic mass is 19.1. The van der Waals surface area contributed by atoms with Crippen LogP contribution in [0.3, 0.4) is 0 Å². The van der Waals surface area contributed by atoms with Crippen LogP contribution in [0.1, 0.15) is 0 Å². The van der Waals surface area contributed by atoms with E-state index in [9.17, 15) is 4.39 Å². The summed E-state index contributed by atoms with van der Waals surface area (Å²) in [5, 5.41) is 4.25. The maximum absolute atomic E-state index is 14.2. The van der Waals surface area contributed by atoms with E-state index >= 15 is 0 Å². The number of hydrogen-bond acceptors (Lipinski definition) is 7. The minimum absolute atomic E-state index is 0.0473. The molecule has 1 aliphatic rings. The quantitative estimate of drug-likeness (QED) is 0.521. The zero-order valence-electron chi connectivity index (χ0n) is 16.0. The van der Waals surface area contributed by atoms with Crippen LogP contribution in [0.2, 0.25) is 0 Å². The third kappa shape index (κ3) is 3.50. The molecule has 0 amide bonds. The Morgan fingerprint density at radius 3 is 2.73 bits per heavy atom. The van der Waals surface area contributed by atoms with Crippen LogP contribution in [0, 0.1) is 5.82 Å². The van der Waals surface area contributed by atoms with Crippen molar-refractivity contribution in [1.29, 1.82) is 0 Å². The van der Waals surface area contributed by atoms with Gasteiger partial charge >= 0.3 is 0 Å². The highest BCUT2D eigenvalue weighted by molar-refractivity contribution is 5.74. The zero-order chi connectivity index (χ0) is 20.5. The molecule has 152 valence electrons. The van der Waals surface area contributed by atoms with E-state index in [0.717, 1.165) is 30.0 Å². The van der Waals surface area contributed by atoms with Gasteiger partial charge in [-0.1, -0.05) is 0 Å². The maximum Gasteiger partial charge on any atom is 0.247 e. The predicted molar refractivity (Wildman–Crippen MR) is 110 cm³/mol. The molecular formula is C21H19FN6O2. The Bertz CT molecular complexity index is 1210. The van der Waals surface area contributed by atoms with Crippen molar-refractivity contribution in [2.75, 3.05) is 36.9 Å². The monoisotopic (exact) mass is 406 g/mol. The van der Waals surface area contributed by atoms with Gasteiger partial charge in [0.2, 0.25) is 5.88 Å². The molecular weight excluding hydrogens is 387 g/mol. The Labute approximate surface area is 171 Å². The molecule has 1 aliphatic heterocycles. The highest BCUT2D eigenvalue weighted by Gasteiger charge is 2.15. The number of benzene rings is 1. The largest absolute Gasteiger partial charge is 0.434 e. The third-order valence-corrected chi connectivity index (χ3v) is 4.95. The van der Waals surface area contributed by atoms with Gasteiger partial charge in [-0.3, -0.25) is 0 Å². The van der Waals surface area contributed by atoms with Gasteiger partial charge in [0.1, 0.15) is 17.7 Å². The minimum atomic E-state index is -0.553. The molecule has 0 atom stereocenters. The normalized spacial score (nSPS) is 14.2. The summed E-state index contributed by atoms with van der Waals surface area (Å²) in [5.74, 6) is 0.647. The van der Waals surface area contributed by atoms with Crippen LogP contribution in [0.15, 0.2) is 55.1 Å². The zero-order valence-corrected chi connectivity index (χ0v) is 16.0. The van der Waals surface area contributed by atoms with Crippen molar-refractivity contribution < 1.29 is 13.9 Å². The second-order valence-corrected chi connectivity index (χ2v) is 6.92. The average molecular weight is 406 g/mol. The number of aromatic nitrogens is 4. The third-order valence-electron chi connectivity index (χ3n) is 4.95. The summed E-state index contributed by atoms with van der Waals surface area (Å²) in [7, 11) is 0. The molecule has 4 aromatic rings. The number of nitrogens with zero attached hydrogens (tertiary/aromatic N) is 5. The van der Waals surface area contributed by atoms with Crippen LogP contribution in [-0.2, 0) is 4.74 Å². The van der Waals surface area contributed by atoms with Gasteiger partial charge in [-0.15, -0.1) is 0 Å². The lowest BCUT2D eigenvalue weighted by molar-refractivity contribution is 0.122. The number of pyridine rings is 1. The van der Waals surface area contributed by atoms with Gasteiger partial charge < -0.3 is 20.1 Å². The second-order valence-electron chi connectivity index (χ2n) is 6.92. The maximum atomic E-state index is 14.2. The molecule has 0 saturated carbocycles. The van der Waals surface area contributed by atoms with Crippen molar-refractivity contribution in [2.24, 2.45) is 0 Å². The molecule has 1 fully saturated rings. The van der Waals surface area contributed by atoms with Crippen LogP contribution in [-0.4, -0.2) is 45.9 Å². The van der Waals surface area contributed by atoms with Gasteiger partial charge in [0.05, 0.1) is 13.2 Å². The van der Waals surface area contributed by atoms with Crippen LogP contribution in [0.5, 0.6) is 11.6 Å². The number of hydrogen-bond donors (Lipinski definition) is 1. The van der Waals surface area contributed by atoms with Crippen molar-refractivity contribution in [3.8, 4) is 22.8 Å². The molecule has 0 aliphatic carbocycles. The lowest BCUT2D eigenvalue weighted by Crippen LogP contribution is -2.36. The van der Waals surface area contributed by atoms with E-state index in [1.54, 1.807) is 16.8 Å². The molecule has 0 bridgehead atoms. The van der Waals surface area contributed by atoms with Crippen molar-refractivity contribution in [3.05, 3.63) is 60.9 Å². The lowest BCUT2D eigenvalue weighted by Gasteiger charge is -2.27. The highest BCUT2D eigenvalue weighted by Crippen LogP contribution is 2.31. The molecule has 0 unspecified atom stereocenters. The fourth-order valence-corrected chi connectivity index (χ4v) is 3.41. The van der Waals surface area contributed by atoms with E-state index in [0.29, 0.717) is 24.4 Å². The number of fused-ring (bicyclic) bond motifs is 1. The Morgan fingerprint density at radius 2 is 1.90 bits per heavy atom. The molecule has 4 heterocycles. The standard InChI is InChI=1S/C21H19FN6O2/c22-17-11-16(23)1-2-19(17)30-21-18-9-15(12-28(18)26-13-25-21)14-3-4-24-20(10-14)27-5-7-29-8-6-27/h1-4,9-13H,5-8,23H2. The van der Waals surface area contributed by atoms with Crippen molar-refractivity contribution in [1.82, 2.24) is 19.6 Å². The van der Waals surface area contributed by atoms with Crippen molar-refractivity contribution in [2.45, 2.75) is 0 Å². The van der Waals surface area contributed by atoms with Gasteiger partial charge in [0, 0.05) is 42.8 Å². The molecule has 9 heteroatoms. The number of anilines is 2. The van der Waals surface area contributed by atoms with Gasteiger partial charge in [-0.2, -0.15) is 10.1 Å². The van der Waals surface area contributed by atoms with Gasteiger partial charge in [-0.05, 0) is 35.9 Å². The number of halogens is 1. The number of rotatable bonds is 4. The summed E-state index contributed by atoms with van der Waals surface area (Å²) in [6.45, 7) is 3.01. The van der Waals surface area contributed by atoms with Gasteiger partial charge in [-0.25, -0.2) is 13.9 Å². The first-order valence-corrected chi connectivity index (χ1v) is 9.53. The van der Waals surface area contributed by atoms with Crippen LogP contribution in [0.4, 0.5) is 15.9 Å². The van der Waals surface area contributed by atoms with Crippen molar-refractivity contribution >= 4 is 17.0 Å². The van der Waals surface area contributed by atoms with E-state index in [1.165, 1.54) is 18.5 Å². The van der Waals surface area contributed by atoms with Gasteiger partial charge in [0.15, 0.2) is 11.6 Å². The number of nitrogen functional groups attached to an aromatic ring is 1. The number of nitrogens with two attached hydrogens (primary N) is 1. The molecule has 0 spiro atoms. The summed E-state index contributed by atoms with van der Waals surface area (Å²) in [5.41, 5.74) is 8.46. The molecule has 1 saturated heterocycles. The fraction of sp³-hybridized carbons (Fsp3) is 0.190. The Balaban J connectivity index is 1.49. The fourth-order valence-electron chi connectivity index (χ4n) is 3.41. The predicted octanol–water partition coefficient (Wildman–Crippen LogP) is 3.14. The smallest absolute Gasteiger partial charge is 0.247 e. The Hall–Kier alpha value is -3.72. The van der Waals surface area contributed by atoms with Gasteiger partial charge in [0.25, 0.3) is 0 Å². The minimum Gasteiger partial charge on any atom is -0.434 e.